The molecular weight excluding hydrogens is 370 g/mol. The van der Waals surface area contributed by atoms with Crippen molar-refractivity contribution in [2.24, 2.45) is 5.92 Å². The van der Waals surface area contributed by atoms with Gasteiger partial charge in [0.1, 0.15) is 0 Å². The normalized spacial score (nSPS) is 24.5. The molecule has 1 aromatic carbocycles. The van der Waals surface area contributed by atoms with E-state index in [1.54, 1.807) is 7.11 Å². The lowest BCUT2D eigenvalue weighted by atomic mass is 9.72. The van der Waals surface area contributed by atoms with Crippen molar-refractivity contribution in [3.8, 4) is 0 Å². The van der Waals surface area contributed by atoms with Crippen LogP contribution in [0.15, 0.2) is 34.7 Å². The smallest absolute Gasteiger partial charge is 0.317 e. The van der Waals surface area contributed by atoms with Gasteiger partial charge < -0.3 is 19.4 Å². The number of hydrogen-bond acceptors (Lipinski definition) is 6. The number of carbonyl (C=O) groups excluding carboxylic acids is 1. The topological polar surface area (TPSA) is 83.7 Å². The van der Waals surface area contributed by atoms with Gasteiger partial charge in [-0.2, -0.15) is 0 Å². The summed E-state index contributed by atoms with van der Waals surface area (Å²) in [7, 11) is 1.63. The largest absolute Gasteiger partial charge is 0.425 e. The van der Waals surface area contributed by atoms with Crippen molar-refractivity contribution in [1.82, 2.24) is 25.3 Å². The van der Waals surface area contributed by atoms with E-state index in [9.17, 15) is 4.79 Å². The van der Waals surface area contributed by atoms with Gasteiger partial charge >= 0.3 is 6.03 Å². The fourth-order valence-corrected chi connectivity index (χ4v) is 4.65. The molecule has 2 amide bonds. The van der Waals surface area contributed by atoms with Gasteiger partial charge in [0, 0.05) is 59.2 Å². The van der Waals surface area contributed by atoms with Crippen molar-refractivity contribution < 1.29 is 13.9 Å². The van der Waals surface area contributed by atoms with E-state index in [4.69, 9.17) is 9.15 Å². The number of aryl methyl sites for hydroxylation is 1. The van der Waals surface area contributed by atoms with Crippen LogP contribution in [0.1, 0.15) is 23.8 Å². The molecular formula is C21H29N5O3. The Balaban J connectivity index is 1.51. The van der Waals surface area contributed by atoms with Gasteiger partial charge in [-0.1, -0.05) is 30.3 Å². The number of amides is 2. The lowest BCUT2D eigenvalue weighted by Crippen LogP contribution is -2.54. The van der Waals surface area contributed by atoms with E-state index in [0.29, 0.717) is 32.1 Å². The van der Waals surface area contributed by atoms with Crippen LogP contribution in [0, 0.1) is 12.8 Å². The Kier molecular flexibility index (Phi) is 5.82. The van der Waals surface area contributed by atoms with Crippen molar-refractivity contribution in [1.29, 1.82) is 0 Å². The first kappa shape index (κ1) is 19.8. The molecule has 2 atom stereocenters. The molecule has 4 rings (SSSR count). The molecule has 29 heavy (non-hydrogen) atoms. The van der Waals surface area contributed by atoms with Crippen molar-refractivity contribution in [3.05, 3.63) is 47.7 Å². The number of likely N-dealkylation sites (tertiary alicyclic amines) is 2. The van der Waals surface area contributed by atoms with E-state index in [1.165, 1.54) is 5.56 Å². The molecule has 8 nitrogen and oxygen atoms in total. The van der Waals surface area contributed by atoms with Gasteiger partial charge in [-0.3, -0.25) is 4.90 Å². The Hall–Kier alpha value is -2.45. The van der Waals surface area contributed by atoms with E-state index in [2.05, 4.69) is 44.7 Å². The first-order valence-corrected chi connectivity index (χ1v) is 10.2. The standard InChI is InChI=1S/C21H29N5O3/c1-16-23-24-19(29-16)21-8-10-26(20(27)22-9-11-28-2)14-18(21)13-25(15-21)12-17-6-4-3-5-7-17/h3-7,18H,8-15H2,1-2H3,(H,22,27)/t18-,21+/m1/s1. The second-order valence-electron chi connectivity index (χ2n) is 8.06. The van der Waals surface area contributed by atoms with E-state index < -0.39 is 0 Å². The van der Waals surface area contributed by atoms with E-state index in [-0.39, 0.29) is 17.4 Å². The third-order valence-corrected chi connectivity index (χ3v) is 6.11. The van der Waals surface area contributed by atoms with Crippen LogP contribution < -0.4 is 5.32 Å². The average Bonchev–Trinajstić information content (AvgIpc) is 3.32. The monoisotopic (exact) mass is 399 g/mol. The zero-order chi connectivity index (χ0) is 20.3. The Bertz CT molecular complexity index is 827. The van der Waals surface area contributed by atoms with Crippen molar-refractivity contribution >= 4 is 6.03 Å². The number of fused-ring (bicyclic) bond motifs is 1. The number of rotatable bonds is 6. The van der Waals surface area contributed by atoms with Crippen LogP contribution in [0.5, 0.6) is 0 Å². The minimum absolute atomic E-state index is 0.0288. The molecule has 1 aromatic heterocycles. The molecule has 0 unspecified atom stereocenters. The summed E-state index contributed by atoms with van der Waals surface area (Å²) in [6, 6.07) is 10.5. The summed E-state index contributed by atoms with van der Waals surface area (Å²) in [6.45, 7) is 6.88. The molecule has 0 bridgehead atoms. The summed E-state index contributed by atoms with van der Waals surface area (Å²) in [5.41, 5.74) is 1.09. The van der Waals surface area contributed by atoms with Gasteiger partial charge in [0.25, 0.3) is 0 Å². The molecule has 0 aliphatic carbocycles. The van der Waals surface area contributed by atoms with Crippen LogP contribution in [0.4, 0.5) is 4.79 Å². The van der Waals surface area contributed by atoms with Crippen molar-refractivity contribution in [2.45, 2.75) is 25.3 Å². The van der Waals surface area contributed by atoms with Crippen LogP contribution in [-0.4, -0.2) is 72.5 Å². The first-order valence-electron chi connectivity index (χ1n) is 10.2. The number of carbonyl (C=O) groups is 1. The summed E-state index contributed by atoms with van der Waals surface area (Å²) in [5, 5.41) is 11.4. The molecule has 2 saturated heterocycles. The van der Waals surface area contributed by atoms with E-state index >= 15 is 0 Å². The quantitative estimate of drug-likeness (QED) is 0.746. The minimum atomic E-state index is -0.195. The first-order chi connectivity index (χ1) is 14.1. The van der Waals surface area contributed by atoms with E-state index in [1.807, 2.05) is 17.9 Å². The number of hydrogen-bond donors (Lipinski definition) is 1. The van der Waals surface area contributed by atoms with Gasteiger partial charge in [0.2, 0.25) is 11.8 Å². The summed E-state index contributed by atoms with van der Waals surface area (Å²) >= 11 is 0. The fourth-order valence-electron chi connectivity index (χ4n) is 4.65. The Labute approximate surface area is 171 Å². The zero-order valence-electron chi connectivity index (χ0n) is 17.1. The summed E-state index contributed by atoms with van der Waals surface area (Å²) in [6.07, 6.45) is 0.822. The SMILES string of the molecule is COCCNC(=O)N1CC[C@]2(c3nnc(C)o3)CN(Cc3ccccc3)C[C@@H]2C1. The van der Waals surface area contributed by atoms with Gasteiger partial charge in [-0.05, 0) is 12.0 Å². The van der Waals surface area contributed by atoms with Crippen LogP contribution in [0.3, 0.4) is 0 Å². The van der Waals surface area contributed by atoms with Crippen LogP contribution >= 0.6 is 0 Å². The van der Waals surface area contributed by atoms with Gasteiger partial charge in [-0.25, -0.2) is 4.79 Å². The number of piperidine rings is 1. The lowest BCUT2D eigenvalue weighted by Gasteiger charge is -2.41. The number of aromatic nitrogens is 2. The van der Waals surface area contributed by atoms with Gasteiger partial charge in [0.05, 0.1) is 12.0 Å². The number of ether oxygens (including phenoxy) is 1. The third kappa shape index (κ3) is 4.13. The molecule has 0 radical (unpaired) electrons. The summed E-state index contributed by atoms with van der Waals surface area (Å²) < 4.78 is 10.9. The number of benzene rings is 1. The summed E-state index contributed by atoms with van der Waals surface area (Å²) in [5.74, 6) is 1.57. The molecule has 8 heteroatoms. The zero-order valence-corrected chi connectivity index (χ0v) is 17.1. The maximum Gasteiger partial charge on any atom is 0.317 e. The van der Waals surface area contributed by atoms with Crippen molar-refractivity contribution in [2.75, 3.05) is 46.4 Å². The minimum Gasteiger partial charge on any atom is -0.425 e. The van der Waals surface area contributed by atoms with Gasteiger partial charge in [-0.15, -0.1) is 10.2 Å². The maximum atomic E-state index is 12.6. The predicted octanol–water partition coefficient (Wildman–Crippen LogP) is 1.81. The van der Waals surface area contributed by atoms with E-state index in [0.717, 1.165) is 31.9 Å². The molecule has 1 N–H and O–H groups in total. The molecule has 2 fully saturated rings. The highest BCUT2D eigenvalue weighted by atomic mass is 16.5. The number of nitrogens with one attached hydrogen (secondary N) is 1. The third-order valence-electron chi connectivity index (χ3n) is 6.11. The van der Waals surface area contributed by atoms with Crippen LogP contribution in [0.25, 0.3) is 0 Å². The van der Waals surface area contributed by atoms with Crippen LogP contribution in [-0.2, 0) is 16.7 Å². The number of nitrogens with zero attached hydrogens (tertiary/aromatic N) is 4. The summed E-state index contributed by atoms with van der Waals surface area (Å²) in [4.78, 5) is 16.9. The molecule has 3 heterocycles. The molecule has 2 aliphatic heterocycles. The number of methoxy groups -OCH3 is 1. The Morgan fingerprint density at radius 1 is 1.31 bits per heavy atom. The highest BCUT2D eigenvalue weighted by Crippen LogP contribution is 2.45. The Morgan fingerprint density at radius 2 is 2.14 bits per heavy atom. The predicted molar refractivity (Wildman–Crippen MR) is 107 cm³/mol. The molecule has 156 valence electrons. The second kappa shape index (κ2) is 8.51. The highest BCUT2D eigenvalue weighted by molar-refractivity contribution is 5.74. The molecule has 0 spiro atoms. The highest BCUT2D eigenvalue weighted by Gasteiger charge is 2.54. The lowest BCUT2D eigenvalue weighted by molar-refractivity contribution is 0.115. The fraction of sp³-hybridized carbons (Fsp3) is 0.571. The average molecular weight is 399 g/mol. The van der Waals surface area contributed by atoms with Crippen molar-refractivity contribution in [3.63, 3.8) is 0 Å². The van der Waals surface area contributed by atoms with Gasteiger partial charge in [0.15, 0.2) is 0 Å². The maximum absolute atomic E-state index is 12.6. The van der Waals surface area contributed by atoms with Crippen LogP contribution in [0.2, 0.25) is 0 Å². The Morgan fingerprint density at radius 3 is 2.86 bits per heavy atom. The molecule has 2 aliphatic rings. The second-order valence-corrected chi connectivity index (χ2v) is 8.06. The molecule has 0 saturated carbocycles. The molecule has 2 aromatic rings. The number of urea groups is 1.